The first-order chi connectivity index (χ1) is 12.1. The van der Waals surface area contributed by atoms with Crippen LogP contribution in [0.4, 0.5) is 11.4 Å². The number of para-hydroxylation sites is 2. The first-order valence-corrected chi connectivity index (χ1v) is 9.06. The van der Waals surface area contributed by atoms with Gasteiger partial charge in [0.2, 0.25) is 5.91 Å². The minimum Gasteiger partial charge on any atom is -0.362 e. The average Bonchev–Trinajstić information content (AvgIpc) is 2.63. The molecule has 1 atom stereocenters. The fraction of sp³-hybridized carbons (Fsp3) is 0.611. The standard InChI is InChI=1S/C18H26N4O3/c1-15-6-4-5-9-21(15)14-18(23)20-12-10-19(11-13-20)16-7-2-3-8-17(16)22(24)25/h2-3,7-8,15H,4-6,9-14H2,1H3. The molecule has 0 bridgehead atoms. The Morgan fingerprint density at radius 1 is 1.16 bits per heavy atom. The van der Waals surface area contributed by atoms with E-state index in [1.165, 1.54) is 25.3 Å². The minimum atomic E-state index is -0.343. The Balaban J connectivity index is 1.57. The lowest BCUT2D eigenvalue weighted by Gasteiger charge is -2.38. The van der Waals surface area contributed by atoms with E-state index in [-0.39, 0.29) is 16.5 Å². The number of likely N-dealkylation sites (tertiary alicyclic amines) is 1. The number of rotatable bonds is 4. The SMILES string of the molecule is CC1CCCCN1CC(=O)N1CCN(c2ccccc2[N+](=O)[O-])CC1. The van der Waals surface area contributed by atoms with Gasteiger partial charge in [0.1, 0.15) is 5.69 Å². The number of piperazine rings is 1. The van der Waals surface area contributed by atoms with Crippen LogP contribution in [0.5, 0.6) is 0 Å². The molecule has 0 aliphatic carbocycles. The third kappa shape index (κ3) is 4.10. The predicted molar refractivity (Wildman–Crippen MR) is 96.8 cm³/mol. The van der Waals surface area contributed by atoms with Gasteiger partial charge in [0.25, 0.3) is 5.69 Å². The number of amides is 1. The van der Waals surface area contributed by atoms with Crippen molar-refractivity contribution >= 4 is 17.3 Å². The van der Waals surface area contributed by atoms with E-state index >= 15 is 0 Å². The summed E-state index contributed by atoms with van der Waals surface area (Å²) in [5.41, 5.74) is 0.772. The van der Waals surface area contributed by atoms with Gasteiger partial charge in [-0.05, 0) is 32.4 Å². The van der Waals surface area contributed by atoms with Gasteiger partial charge in [-0.25, -0.2) is 0 Å². The number of carbonyl (C=O) groups excluding carboxylic acids is 1. The van der Waals surface area contributed by atoms with Crippen LogP contribution < -0.4 is 4.90 Å². The number of carbonyl (C=O) groups is 1. The van der Waals surface area contributed by atoms with E-state index in [0.29, 0.717) is 44.5 Å². The number of benzene rings is 1. The van der Waals surface area contributed by atoms with E-state index in [1.54, 1.807) is 12.1 Å². The van der Waals surface area contributed by atoms with E-state index < -0.39 is 0 Å². The zero-order chi connectivity index (χ0) is 17.8. The van der Waals surface area contributed by atoms with Crippen LogP contribution in [0.15, 0.2) is 24.3 Å². The fourth-order valence-electron chi connectivity index (χ4n) is 3.75. The van der Waals surface area contributed by atoms with Crippen LogP contribution in [0, 0.1) is 10.1 Å². The van der Waals surface area contributed by atoms with Crippen LogP contribution >= 0.6 is 0 Å². The molecule has 2 saturated heterocycles. The van der Waals surface area contributed by atoms with Crippen molar-refractivity contribution in [3.05, 3.63) is 34.4 Å². The van der Waals surface area contributed by atoms with Gasteiger partial charge in [0, 0.05) is 38.3 Å². The fourth-order valence-corrected chi connectivity index (χ4v) is 3.75. The van der Waals surface area contributed by atoms with Crippen molar-refractivity contribution in [3.63, 3.8) is 0 Å². The predicted octanol–water partition coefficient (Wildman–Crippen LogP) is 2.12. The van der Waals surface area contributed by atoms with Crippen molar-refractivity contribution < 1.29 is 9.72 Å². The van der Waals surface area contributed by atoms with Crippen molar-refractivity contribution in [2.75, 3.05) is 44.2 Å². The van der Waals surface area contributed by atoms with E-state index in [2.05, 4.69) is 11.8 Å². The molecular formula is C18H26N4O3. The van der Waals surface area contributed by atoms with Crippen molar-refractivity contribution in [2.24, 2.45) is 0 Å². The molecule has 25 heavy (non-hydrogen) atoms. The number of hydrogen-bond acceptors (Lipinski definition) is 5. The lowest BCUT2D eigenvalue weighted by molar-refractivity contribution is -0.384. The molecule has 1 aromatic carbocycles. The summed E-state index contributed by atoms with van der Waals surface area (Å²) in [7, 11) is 0. The third-order valence-electron chi connectivity index (χ3n) is 5.33. The smallest absolute Gasteiger partial charge is 0.292 e. The summed E-state index contributed by atoms with van der Waals surface area (Å²) in [4.78, 5) is 29.6. The van der Waals surface area contributed by atoms with E-state index in [9.17, 15) is 14.9 Å². The Morgan fingerprint density at radius 3 is 2.56 bits per heavy atom. The summed E-state index contributed by atoms with van der Waals surface area (Å²) < 4.78 is 0. The van der Waals surface area contributed by atoms with Crippen molar-refractivity contribution in [1.82, 2.24) is 9.80 Å². The topological polar surface area (TPSA) is 69.9 Å². The van der Waals surface area contributed by atoms with Gasteiger partial charge in [-0.15, -0.1) is 0 Å². The quantitative estimate of drug-likeness (QED) is 0.617. The molecule has 0 N–H and O–H groups in total. The molecule has 7 nitrogen and oxygen atoms in total. The number of nitro groups is 1. The Labute approximate surface area is 148 Å². The minimum absolute atomic E-state index is 0.129. The summed E-state index contributed by atoms with van der Waals surface area (Å²) in [5.74, 6) is 0.177. The summed E-state index contributed by atoms with van der Waals surface area (Å²) in [5, 5.41) is 11.2. The molecule has 2 heterocycles. The maximum atomic E-state index is 12.6. The zero-order valence-corrected chi connectivity index (χ0v) is 14.8. The maximum Gasteiger partial charge on any atom is 0.292 e. The maximum absolute atomic E-state index is 12.6. The van der Waals surface area contributed by atoms with Crippen molar-refractivity contribution in [2.45, 2.75) is 32.2 Å². The van der Waals surface area contributed by atoms with Crippen molar-refractivity contribution in [3.8, 4) is 0 Å². The second kappa shape index (κ2) is 7.82. The van der Waals surface area contributed by atoms with Gasteiger partial charge >= 0.3 is 0 Å². The van der Waals surface area contributed by atoms with Crippen LogP contribution in [0.2, 0.25) is 0 Å². The highest BCUT2D eigenvalue weighted by atomic mass is 16.6. The molecule has 1 unspecified atom stereocenters. The monoisotopic (exact) mass is 346 g/mol. The number of nitrogens with zero attached hydrogens (tertiary/aromatic N) is 4. The molecule has 2 aliphatic heterocycles. The Bertz CT molecular complexity index is 629. The summed E-state index contributed by atoms with van der Waals surface area (Å²) >= 11 is 0. The number of piperidine rings is 1. The van der Waals surface area contributed by atoms with Crippen molar-refractivity contribution in [1.29, 1.82) is 0 Å². The molecule has 2 fully saturated rings. The van der Waals surface area contributed by atoms with Crippen LogP contribution in [0.3, 0.4) is 0 Å². The van der Waals surface area contributed by atoms with Crippen LogP contribution in [-0.4, -0.2) is 65.9 Å². The highest BCUT2D eigenvalue weighted by molar-refractivity contribution is 5.78. The number of nitro benzene ring substituents is 1. The molecule has 0 spiro atoms. The zero-order valence-electron chi connectivity index (χ0n) is 14.8. The Hall–Kier alpha value is -2.15. The first kappa shape index (κ1) is 17.7. The number of hydrogen-bond donors (Lipinski definition) is 0. The molecule has 136 valence electrons. The van der Waals surface area contributed by atoms with Gasteiger partial charge in [0.15, 0.2) is 0 Å². The van der Waals surface area contributed by atoms with E-state index in [0.717, 1.165) is 6.54 Å². The van der Waals surface area contributed by atoms with Crippen LogP contribution in [-0.2, 0) is 4.79 Å². The van der Waals surface area contributed by atoms with Gasteiger partial charge in [-0.3, -0.25) is 19.8 Å². The lowest BCUT2D eigenvalue weighted by Crippen LogP contribution is -2.52. The molecule has 3 rings (SSSR count). The van der Waals surface area contributed by atoms with Gasteiger partial charge < -0.3 is 9.80 Å². The summed E-state index contributed by atoms with van der Waals surface area (Å²) in [6, 6.07) is 7.29. The summed E-state index contributed by atoms with van der Waals surface area (Å²) in [6.07, 6.45) is 3.59. The van der Waals surface area contributed by atoms with Gasteiger partial charge in [-0.1, -0.05) is 18.6 Å². The largest absolute Gasteiger partial charge is 0.362 e. The molecular weight excluding hydrogens is 320 g/mol. The third-order valence-corrected chi connectivity index (χ3v) is 5.33. The first-order valence-electron chi connectivity index (χ1n) is 9.06. The lowest BCUT2D eigenvalue weighted by atomic mass is 10.0. The second-order valence-electron chi connectivity index (χ2n) is 6.93. The highest BCUT2D eigenvalue weighted by Crippen LogP contribution is 2.28. The molecule has 7 heteroatoms. The van der Waals surface area contributed by atoms with E-state index in [1.807, 2.05) is 15.9 Å². The van der Waals surface area contributed by atoms with Crippen LogP contribution in [0.25, 0.3) is 0 Å². The normalized spacial score (nSPS) is 22.0. The second-order valence-corrected chi connectivity index (χ2v) is 6.93. The molecule has 0 aromatic heterocycles. The molecule has 1 aromatic rings. The number of anilines is 1. The molecule has 0 saturated carbocycles. The van der Waals surface area contributed by atoms with Gasteiger partial charge in [0.05, 0.1) is 11.5 Å². The van der Waals surface area contributed by atoms with Crippen LogP contribution in [0.1, 0.15) is 26.2 Å². The van der Waals surface area contributed by atoms with Gasteiger partial charge in [-0.2, -0.15) is 0 Å². The molecule has 2 aliphatic rings. The Kier molecular flexibility index (Phi) is 5.53. The molecule has 1 amide bonds. The highest BCUT2D eigenvalue weighted by Gasteiger charge is 2.27. The summed E-state index contributed by atoms with van der Waals surface area (Å²) in [6.45, 7) is 6.19. The Morgan fingerprint density at radius 2 is 1.88 bits per heavy atom. The average molecular weight is 346 g/mol. The molecule has 0 radical (unpaired) electrons. The van der Waals surface area contributed by atoms with E-state index in [4.69, 9.17) is 0 Å².